The van der Waals surface area contributed by atoms with Gasteiger partial charge in [-0.3, -0.25) is 4.68 Å². The Kier molecular flexibility index (Phi) is 3.94. The van der Waals surface area contributed by atoms with Crippen molar-refractivity contribution in [3.8, 4) is 0 Å². The molecule has 0 spiro atoms. The zero-order valence-electron chi connectivity index (χ0n) is 8.66. The number of rotatable bonds is 3. The van der Waals surface area contributed by atoms with Gasteiger partial charge in [-0.2, -0.15) is 16.9 Å². The smallest absolute Gasteiger partial charge is 0.130 e. The highest BCUT2D eigenvalue weighted by molar-refractivity contribution is 7.99. The van der Waals surface area contributed by atoms with Crippen molar-refractivity contribution in [2.45, 2.75) is 25.3 Å². The van der Waals surface area contributed by atoms with Crippen LogP contribution in [-0.2, 0) is 6.42 Å². The third kappa shape index (κ3) is 2.49. The first-order valence-electron chi connectivity index (χ1n) is 5.32. The summed E-state index contributed by atoms with van der Waals surface area (Å²) in [6, 6.07) is 0.491. The van der Waals surface area contributed by atoms with Gasteiger partial charge < -0.3 is 5.73 Å². The van der Waals surface area contributed by atoms with Crippen molar-refractivity contribution in [1.82, 2.24) is 9.78 Å². The Bertz CT molecular complexity index is 320. The van der Waals surface area contributed by atoms with Crippen molar-refractivity contribution in [1.29, 1.82) is 0 Å². The van der Waals surface area contributed by atoms with E-state index in [9.17, 15) is 0 Å². The maximum atomic E-state index is 6.27. The van der Waals surface area contributed by atoms with E-state index in [1.807, 2.05) is 22.6 Å². The second-order valence-electron chi connectivity index (χ2n) is 3.79. The lowest BCUT2D eigenvalue weighted by atomic mass is 10.1. The number of halogens is 1. The van der Waals surface area contributed by atoms with Crippen molar-refractivity contribution >= 4 is 23.4 Å². The summed E-state index contributed by atoms with van der Waals surface area (Å²) in [5, 5.41) is 5.17. The first-order valence-corrected chi connectivity index (χ1v) is 6.86. The standard InChI is InChI=1S/C10H16ClN3S/c11-10-8(1-4-12)7-13-14(10)9-2-5-15-6-3-9/h7,9H,1-6,12H2. The summed E-state index contributed by atoms with van der Waals surface area (Å²) in [6.07, 6.45) is 5.03. The van der Waals surface area contributed by atoms with E-state index < -0.39 is 0 Å². The number of nitrogens with zero attached hydrogens (tertiary/aromatic N) is 2. The van der Waals surface area contributed by atoms with E-state index in [1.165, 1.54) is 24.3 Å². The molecule has 2 heterocycles. The summed E-state index contributed by atoms with van der Waals surface area (Å²) in [5.41, 5.74) is 6.60. The molecule has 1 aliphatic heterocycles. The van der Waals surface area contributed by atoms with E-state index in [2.05, 4.69) is 5.10 Å². The maximum absolute atomic E-state index is 6.27. The van der Waals surface area contributed by atoms with Gasteiger partial charge in [0.15, 0.2) is 0 Å². The van der Waals surface area contributed by atoms with Gasteiger partial charge >= 0.3 is 0 Å². The molecule has 15 heavy (non-hydrogen) atoms. The van der Waals surface area contributed by atoms with Crippen LogP contribution in [-0.4, -0.2) is 27.8 Å². The van der Waals surface area contributed by atoms with Crippen LogP contribution in [0.25, 0.3) is 0 Å². The molecule has 1 aromatic rings. The number of hydrogen-bond donors (Lipinski definition) is 1. The Morgan fingerprint density at radius 2 is 2.27 bits per heavy atom. The number of thioether (sulfide) groups is 1. The predicted octanol–water partition coefficient (Wildman–Crippen LogP) is 2.11. The minimum atomic E-state index is 0.491. The van der Waals surface area contributed by atoms with Crippen molar-refractivity contribution in [3.05, 3.63) is 16.9 Å². The summed E-state index contributed by atoms with van der Waals surface area (Å²) in [5.74, 6) is 2.43. The molecule has 3 nitrogen and oxygen atoms in total. The van der Waals surface area contributed by atoms with Gasteiger partial charge in [0.1, 0.15) is 5.15 Å². The molecule has 0 bridgehead atoms. The Morgan fingerprint density at radius 3 is 2.93 bits per heavy atom. The van der Waals surface area contributed by atoms with Crippen LogP contribution in [0.5, 0.6) is 0 Å². The van der Waals surface area contributed by atoms with Gasteiger partial charge in [0, 0.05) is 5.56 Å². The van der Waals surface area contributed by atoms with Gasteiger partial charge in [-0.15, -0.1) is 0 Å². The van der Waals surface area contributed by atoms with Crippen LogP contribution in [0, 0.1) is 0 Å². The molecule has 1 aromatic heterocycles. The normalized spacial score (nSPS) is 18.3. The highest BCUT2D eigenvalue weighted by Gasteiger charge is 2.19. The predicted molar refractivity (Wildman–Crippen MR) is 65.6 cm³/mol. The van der Waals surface area contributed by atoms with Crippen molar-refractivity contribution in [2.75, 3.05) is 18.1 Å². The molecule has 84 valence electrons. The first-order chi connectivity index (χ1) is 7.33. The largest absolute Gasteiger partial charge is 0.330 e. The summed E-state index contributed by atoms with van der Waals surface area (Å²) >= 11 is 8.29. The van der Waals surface area contributed by atoms with Crippen molar-refractivity contribution in [3.63, 3.8) is 0 Å². The molecule has 1 fully saturated rings. The molecule has 1 aliphatic rings. The summed E-state index contributed by atoms with van der Waals surface area (Å²) in [7, 11) is 0. The van der Waals surface area contributed by atoms with E-state index in [4.69, 9.17) is 17.3 Å². The monoisotopic (exact) mass is 245 g/mol. The lowest BCUT2D eigenvalue weighted by Crippen LogP contribution is -2.16. The molecular weight excluding hydrogens is 230 g/mol. The van der Waals surface area contributed by atoms with Crippen LogP contribution in [0.4, 0.5) is 0 Å². The minimum Gasteiger partial charge on any atom is -0.330 e. The number of aromatic nitrogens is 2. The molecule has 0 amide bonds. The molecule has 0 unspecified atom stereocenters. The van der Waals surface area contributed by atoms with Crippen LogP contribution in [0.1, 0.15) is 24.4 Å². The fourth-order valence-corrected chi connectivity index (χ4v) is 3.30. The van der Waals surface area contributed by atoms with Crippen LogP contribution < -0.4 is 5.73 Å². The maximum Gasteiger partial charge on any atom is 0.130 e. The van der Waals surface area contributed by atoms with E-state index >= 15 is 0 Å². The lowest BCUT2D eigenvalue weighted by molar-refractivity contribution is 0.427. The van der Waals surface area contributed by atoms with Crippen LogP contribution in [0.3, 0.4) is 0 Å². The van der Waals surface area contributed by atoms with Crippen LogP contribution in [0.2, 0.25) is 5.15 Å². The van der Waals surface area contributed by atoms with Gasteiger partial charge in [-0.1, -0.05) is 11.6 Å². The molecule has 0 radical (unpaired) electrons. The summed E-state index contributed by atoms with van der Waals surface area (Å²) < 4.78 is 1.98. The van der Waals surface area contributed by atoms with Gasteiger partial charge in [0.25, 0.3) is 0 Å². The third-order valence-corrected chi connectivity index (χ3v) is 4.22. The summed E-state index contributed by atoms with van der Waals surface area (Å²) in [4.78, 5) is 0. The quantitative estimate of drug-likeness (QED) is 0.887. The molecule has 0 aromatic carbocycles. The highest BCUT2D eigenvalue weighted by atomic mass is 35.5. The second-order valence-corrected chi connectivity index (χ2v) is 5.37. The van der Waals surface area contributed by atoms with E-state index in [0.29, 0.717) is 12.6 Å². The molecule has 5 heteroatoms. The zero-order chi connectivity index (χ0) is 10.7. The SMILES string of the molecule is NCCc1cnn(C2CCSCC2)c1Cl. The lowest BCUT2D eigenvalue weighted by Gasteiger charge is -2.22. The number of nitrogens with two attached hydrogens (primary N) is 1. The Balaban J connectivity index is 2.13. The second kappa shape index (κ2) is 5.23. The fraction of sp³-hybridized carbons (Fsp3) is 0.700. The fourth-order valence-electron chi connectivity index (χ4n) is 1.89. The van der Waals surface area contributed by atoms with E-state index in [0.717, 1.165) is 17.1 Å². The first kappa shape index (κ1) is 11.3. The third-order valence-electron chi connectivity index (χ3n) is 2.75. The number of hydrogen-bond acceptors (Lipinski definition) is 3. The van der Waals surface area contributed by atoms with Crippen LogP contribution in [0.15, 0.2) is 6.20 Å². The topological polar surface area (TPSA) is 43.8 Å². The molecular formula is C10H16ClN3S. The highest BCUT2D eigenvalue weighted by Crippen LogP contribution is 2.30. The Morgan fingerprint density at radius 1 is 1.53 bits per heavy atom. The van der Waals surface area contributed by atoms with Crippen molar-refractivity contribution < 1.29 is 0 Å². The molecule has 0 saturated carbocycles. The molecule has 2 rings (SSSR count). The van der Waals surface area contributed by atoms with Crippen molar-refractivity contribution in [2.24, 2.45) is 5.73 Å². The Labute approximate surface area is 99.4 Å². The average molecular weight is 246 g/mol. The van der Waals surface area contributed by atoms with E-state index in [-0.39, 0.29) is 0 Å². The Hall–Kier alpha value is -0.190. The van der Waals surface area contributed by atoms with Gasteiger partial charge in [0.2, 0.25) is 0 Å². The van der Waals surface area contributed by atoms with Gasteiger partial charge in [0.05, 0.1) is 12.2 Å². The molecule has 1 saturated heterocycles. The molecule has 2 N–H and O–H groups in total. The average Bonchev–Trinajstić information content (AvgIpc) is 2.63. The van der Waals surface area contributed by atoms with Gasteiger partial charge in [-0.25, -0.2) is 0 Å². The molecule has 0 atom stereocenters. The summed E-state index contributed by atoms with van der Waals surface area (Å²) in [6.45, 7) is 0.631. The van der Waals surface area contributed by atoms with Gasteiger partial charge in [-0.05, 0) is 37.3 Å². The molecule has 0 aliphatic carbocycles. The van der Waals surface area contributed by atoms with Crippen LogP contribution >= 0.6 is 23.4 Å². The van der Waals surface area contributed by atoms with E-state index in [1.54, 1.807) is 0 Å². The zero-order valence-corrected chi connectivity index (χ0v) is 10.2. The minimum absolute atomic E-state index is 0.491.